The topological polar surface area (TPSA) is 85.1 Å². The SMILES string of the molecule is CCCON1C(=O)N2C[C@H]1C(C(N)=O)=C[C@H]2COC. The summed E-state index contributed by atoms with van der Waals surface area (Å²) in [5.74, 6) is -0.523. The van der Waals surface area contributed by atoms with Crippen molar-refractivity contribution in [3.05, 3.63) is 11.6 Å². The number of urea groups is 1. The number of methoxy groups -OCH3 is 1. The number of amides is 3. The number of rotatable bonds is 6. The highest BCUT2D eigenvalue weighted by Gasteiger charge is 2.47. The number of hydrogen-bond donors (Lipinski definition) is 1. The second-order valence-corrected chi connectivity index (χ2v) is 4.62. The van der Waals surface area contributed by atoms with Crippen LogP contribution in [0.4, 0.5) is 4.79 Å². The van der Waals surface area contributed by atoms with Crippen molar-refractivity contribution < 1.29 is 19.2 Å². The fourth-order valence-corrected chi connectivity index (χ4v) is 2.40. The van der Waals surface area contributed by atoms with Gasteiger partial charge in [0.1, 0.15) is 6.04 Å². The van der Waals surface area contributed by atoms with E-state index >= 15 is 0 Å². The summed E-state index contributed by atoms with van der Waals surface area (Å²) in [6.07, 6.45) is 2.49. The Bertz CT molecular complexity index is 410. The third-order valence-corrected chi connectivity index (χ3v) is 3.27. The van der Waals surface area contributed by atoms with Gasteiger partial charge in [0, 0.05) is 12.7 Å². The molecule has 3 amide bonds. The Kier molecular flexibility index (Phi) is 4.06. The summed E-state index contributed by atoms with van der Waals surface area (Å²) in [6, 6.07) is -0.927. The van der Waals surface area contributed by atoms with Crippen LogP contribution >= 0.6 is 0 Å². The van der Waals surface area contributed by atoms with E-state index in [0.717, 1.165) is 6.42 Å². The molecule has 106 valence electrons. The van der Waals surface area contributed by atoms with Gasteiger partial charge in [0.25, 0.3) is 0 Å². The van der Waals surface area contributed by atoms with Crippen LogP contribution in [-0.2, 0) is 14.4 Å². The summed E-state index contributed by atoms with van der Waals surface area (Å²) in [5.41, 5.74) is 5.80. The molecule has 0 unspecified atom stereocenters. The molecule has 0 saturated carbocycles. The fraction of sp³-hybridized carbons (Fsp3) is 0.667. The van der Waals surface area contributed by atoms with E-state index in [2.05, 4.69) is 0 Å². The number of carbonyl (C=O) groups is 2. The lowest BCUT2D eigenvalue weighted by Gasteiger charge is -2.27. The lowest BCUT2D eigenvalue weighted by molar-refractivity contribution is -0.128. The smallest absolute Gasteiger partial charge is 0.345 e. The molecule has 0 aromatic rings. The van der Waals surface area contributed by atoms with Gasteiger partial charge in [-0.05, 0) is 12.5 Å². The van der Waals surface area contributed by atoms with E-state index in [1.807, 2.05) is 6.92 Å². The predicted molar refractivity (Wildman–Crippen MR) is 66.9 cm³/mol. The van der Waals surface area contributed by atoms with Crippen LogP contribution in [0.3, 0.4) is 0 Å². The maximum atomic E-state index is 12.2. The van der Waals surface area contributed by atoms with Crippen molar-refractivity contribution in [3.63, 3.8) is 0 Å². The van der Waals surface area contributed by atoms with Crippen LogP contribution in [0, 0.1) is 0 Å². The average molecular weight is 269 g/mol. The molecule has 2 rings (SSSR count). The predicted octanol–water partition coefficient (Wildman–Crippen LogP) is -0.125. The van der Waals surface area contributed by atoms with Crippen molar-refractivity contribution in [1.82, 2.24) is 9.96 Å². The van der Waals surface area contributed by atoms with E-state index < -0.39 is 11.9 Å². The Morgan fingerprint density at radius 3 is 2.89 bits per heavy atom. The number of ether oxygens (including phenoxy) is 1. The minimum atomic E-state index is -0.523. The molecule has 2 atom stereocenters. The maximum Gasteiger partial charge on any atom is 0.345 e. The zero-order valence-electron chi connectivity index (χ0n) is 11.2. The maximum absolute atomic E-state index is 12.2. The van der Waals surface area contributed by atoms with E-state index in [1.54, 1.807) is 18.1 Å². The largest absolute Gasteiger partial charge is 0.382 e. The van der Waals surface area contributed by atoms with Crippen LogP contribution < -0.4 is 5.73 Å². The van der Waals surface area contributed by atoms with Crippen molar-refractivity contribution >= 4 is 11.9 Å². The van der Waals surface area contributed by atoms with Gasteiger partial charge >= 0.3 is 6.03 Å². The van der Waals surface area contributed by atoms with Gasteiger partial charge < -0.3 is 15.4 Å². The zero-order chi connectivity index (χ0) is 14.0. The van der Waals surface area contributed by atoms with E-state index in [4.69, 9.17) is 15.3 Å². The average Bonchev–Trinajstić information content (AvgIpc) is 2.64. The van der Waals surface area contributed by atoms with Crippen LogP contribution in [0.25, 0.3) is 0 Å². The first-order chi connectivity index (χ1) is 9.10. The third kappa shape index (κ3) is 2.43. The monoisotopic (exact) mass is 269 g/mol. The Balaban J connectivity index is 2.25. The highest BCUT2D eigenvalue weighted by Crippen LogP contribution is 2.30. The third-order valence-electron chi connectivity index (χ3n) is 3.27. The summed E-state index contributed by atoms with van der Waals surface area (Å²) in [5, 5.41) is 1.26. The van der Waals surface area contributed by atoms with Gasteiger partial charge in [-0.2, -0.15) is 5.06 Å². The van der Waals surface area contributed by atoms with Gasteiger partial charge in [-0.1, -0.05) is 6.92 Å². The fourth-order valence-electron chi connectivity index (χ4n) is 2.40. The molecule has 2 bridgehead atoms. The molecule has 19 heavy (non-hydrogen) atoms. The minimum absolute atomic E-state index is 0.243. The van der Waals surface area contributed by atoms with Crippen molar-refractivity contribution in [3.8, 4) is 0 Å². The van der Waals surface area contributed by atoms with Gasteiger partial charge in [-0.25, -0.2) is 4.79 Å². The van der Waals surface area contributed by atoms with Crippen LogP contribution in [0.1, 0.15) is 13.3 Å². The van der Waals surface area contributed by atoms with Gasteiger partial charge in [0.05, 0.1) is 25.8 Å². The van der Waals surface area contributed by atoms with E-state index in [-0.39, 0.29) is 12.1 Å². The molecule has 0 aromatic carbocycles. The molecule has 0 aromatic heterocycles. The molecule has 2 heterocycles. The summed E-state index contributed by atoms with van der Waals surface area (Å²) >= 11 is 0. The van der Waals surface area contributed by atoms with Crippen LogP contribution in [0.5, 0.6) is 0 Å². The lowest BCUT2D eigenvalue weighted by atomic mass is 10.00. The van der Waals surface area contributed by atoms with Gasteiger partial charge in [-0.3, -0.25) is 9.63 Å². The Labute approximate surface area is 111 Å². The van der Waals surface area contributed by atoms with Crippen LogP contribution in [0.15, 0.2) is 11.6 Å². The molecular formula is C12H19N3O4. The highest BCUT2D eigenvalue weighted by atomic mass is 16.7. The van der Waals surface area contributed by atoms with Crippen LogP contribution in [-0.4, -0.2) is 60.9 Å². The summed E-state index contributed by atoms with van der Waals surface area (Å²) in [6.45, 7) is 3.12. The second-order valence-electron chi connectivity index (χ2n) is 4.62. The second kappa shape index (κ2) is 5.58. The molecular weight excluding hydrogens is 250 g/mol. The van der Waals surface area contributed by atoms with E-state index in [0.29, 0.717) is 25.3 Å². The van der Waals surface area contributed by atoms with E-state index in [1.165, 1.54) is 5.06 Å². The normalized spacial score (nSPS) is 25.8. The zero-order valence-corrected chi connectivity index (χ0v) is 11.2. The number of carbonyl (C=O) groups excluding carboxylic acids is 2. The van der Waals surface area contributed by atoms with E-state index in [9.17, 15) is 9.59 Å². The first-order valence-corrected chi connectivity index (χ1v) is 6.33. The van der Waals surface area contributed by atoms with Crippen molar-refractivity contribution in [2.24, 2.45) is 5.73 Å². The Hall–Kier alpha value is -1.60. The number of nitrogens with zero attached hydrogens (tertiary/aromatic N) is 2. The number of nitrogens with two attached hydrogens (primary N) is 1. The molecule has 7 heteroatoms. The van der Waals surface area contributed by atoms with Crippen molar-refractivity contribution in [2.45, 2.75) is 25.4 Å². The number of hydroxylamine groups is 2. The van der Waals surface area contributed by atoms with Crippen molar-refractivity contribution in [2.75, 3.05) is 26.9 Å². The number of hydrogen-bond acceptors (Lipinski definition) is 4. The molecule has 0 aliphatic carbocycles. The standard InChI is InChI=1S/C12H19N3O4/c1-3-4-19-15-10-6-14(12(15)17)8(7-18-2)5-9(10)11(13)16/h5,8,10H,3-4,6-7H2,1-2H3,(H2,13,16)/t8-,10-/m0/s1. The molecule has 1 saturated heterocycles. The highest BCUT2D eigenvalue weighted by molar-refractivity contribution is 5.96. The molecule has 1 fully saturated rings. The first-order valence-electron chi connectivity index (χ1n) is 6.33. The summed E-state index contributed by atoms with van der Waals surface area (Å²) < 4.78 is 5.07. The first kappa shape index (κ1) is 13.8. The molecule has 7 nitrogen and oxygen atoms in total. The minimum Gasteiger partial charge on any atom is -0.382 e. The number of primary amides is 1. The molecule has 2 aliphatic rings. The quantitative estimate of drug-likeness (QED) is 0.728. The van der Waals surface area contributed by atoms with Crippen molar-refractivity contribution in [1.29, 1.82) is 0 Å². The van der Waals surface area contributed by atoms with Gasteiger partial charge in [-0.15, -0.1) is 0 Å². The number of fused-ring (bicyclic) bond motifs is 2. The van der Waals surface area contributed by atoms with Gasteiger partial charge in [0.2, 0.25) is 5.91 Å². The van der Waals surface area contributed by atoms with Crippen LogP contribution in [0.2, 0.25) is 0 Å². The van der Waals surface area contributed by atoms with Gasteiger partial charge in [0.15, 0.2) is 0 Å². The molecule has 2 aliphatic heterocycles. The Morgan fingerprint density at radius 2 is 2.32 bits per heavy atom. The lowest BCUT2D eigenvalue weighted by Crippen LogP contribution is -2.43. The summed E-state index contributed by atoms with van der Waals surface area (Å²) in [7, 11) is 1.55. The Morgan fingerprint density at radius 1 is 1.58 bits per heavy atom. The molecule has 0 radical (unpaired) electrons. The summed E-state index contributed by atoms with van der Waals surface area (Å²) in [4.78, 5) is 30.8. The molecule has 2 N–H and O–H groups in total. The molecule has 0 spiro atoms.